The fraction of sp³-hybridized carbons (Fsp3) is 0.238. The van der Waals surface area contributed by atoms with E-state index in [1.54, 1.807) is 30.3 Å². The van der Waals surface area contributed by atoms with Gasteiger partial charge in [0.2, 0.25) is 0 Å². The Balaban J connectivity index is 2.36. The maximum Gasteiger partial charge on any atom is 0.333 e. The van der Waals surface area contributed by atoms with Crippen molar-refractivity contribution in [1.29, 1.82) is 0 Å². The quantitative estimate of drug-likeness (QED) is 0.452. The van der Waals surface area contributed by atoms with Gasteiger partial charge in [-0.3, -0.25) is 4.79 Å². The van der Waals surface area contributed by atoms with Crippen LogP contribution in [-0.4, -0.2) is 23.1 Å². The number of rotatable bonds is 7. The Kier molecular flexibility index (Phi) is 6.13. The molecule has 0 radical (unpaired) electrons. The van der Waals surface area contributed by atoms with E-state index in [1.165, 1.54) is 32.9 Å². The lowest BCUT2D eigenvalue weighted by molar-refractivity contribution is -0.158. The van der Waals surface area contributed by atoms with E-state index in [9.17, 15) is 19.1 Å². The first-order valence-corrected chi connectivity index (χ1v) is 8.22. The van der Waals surface area contributed by atoms with Crippen LogP contribution in [0.1, 0.15) is 32.4 Å². The molecule has 0 aliphatic heterocycles. The third-order valence-corrected chi connectivity index (χ3v) is 3.87. The molecule has 0 aliphatic rings. The zero-order chi connectivity index (χ0) is 20.2. The van der Waals surface area contributed by atoms with Crippen LogP contribution < -0.4 is 4.74 Å². The van der Waals surface area contributed by atoms with Gasteiger partial charge in [0.15, 0.2) is 6.10 Å². The molecule has 0 saturated heterocycles. The van der Waals surface area contributed by atoms with Crippen LogP contribution in [0, 0.1) is 5.82 Å². The van der Waals surface area contributed by atoms with Gasteiger partial charge in [0, 0.05) is 11.1 Å². The molecule has 0 amide bonds. The summed E-state index contributed by atoms with van der Waals surface area (Å²) in [4.78, 5) is 22.2. The minimum Gasteiger partial charge on any atom is -0.451 e. The number of esters is 1. The fourth-order valence-corrected chi connectivity index (χ4v) is 2.50. The van der Waals surface area contributed by atoms with Crippen LogP contribution in [0.4, 0.5) is 4.39 Å². The highest BCUT2D eigenvalue weighted by Crippen LogP contribution is 2.34. The first kappa shape index (κ1) is 20.3. The summed E-state index contributed by atoms with van der Waals surface area (Å²) >= 11 is 0. The molecular formula is C21H21FO5. The number of benzene rings is 2. The van der Waals surface area contributed by atoms with Crippen molar-refractivity contribution in [2.75, 3.05) is 0 Å². The van der Waals surface area contributed by atoms with E-state index in [2.05, 4.69) is 6.58 Å². The second-order valence-electron chi connectivity index (χ2n) is 6.69. The largest absolute Gasteiger partial charge is 0.451 e. The van der Waals surface area contributed by atoms with Crippen molar-refractivity contribution in [1.82, 2.24) is 0 Å². The highest BCUT2D eigenvalue weighted by molar-refractivity contribution is 5.87. The van der Waals surface area contributed by atoms with Gasteiger partial charge in [-0.1, -0.05) is 30.8 Å². The molecular weight excluding hydrogens is 351 g/mol. The predicted molar refractivity (Wildman–Crippen MR) is 98.5 cm³/mol. The maximum atomic E-state index is 14.8. The van der Waals surface area contributed by atoms with E-state index in [0.717, 1.165) is 0 Å². The summed E-state index contributed by atoms with van der Waals surface area (Å²) in [5.74, 6) is -0.960. The van der Waals surface area contributed by atoms with Crippen molar-refractivity contribution in [2.24, 2.45) is 0 Å². The molecule has 0 fully saturated rings. The number of hydrogen-bond donors (Lipinski definition) is 1. The molecule has 1 unspecified atom stereocenters. The normalized spacial score (nSPS) is 12.2. The average molecular weight is 372 g/mol. The van der Waals surface area contributed by atoms with E-state index in [4.69, 9.17) is 9.47 Å². The van der Waals surface area contributed by atoms with E-state index < -0.39 is 23.5 Å². The molecule has 6 heteroatoms. The lowest BCUT2D eigenvalue weighted by Gasteiger charge is -2.29. The Morgan fingerprint density at radius 2 is 1.78 bits per heavy atom. The summed E-state index contributed by atoms with van der Waals surface area (Å²) in [5.41, 5.74) is -0.00545. The minimum atomic E-state index is -1.50. The van der Waals surface area contributed by atoms with E-state index in [-0.39, 0.29) is 11.1 Å². The van der Waals surface area contributed by atoms with Crippen LogP contribution in [-0.2, 0) is 14.3 Å². The van der Waals surface area contributed by atoms with Crippen LogP contribution in [0.3, 0.4) is 0 Å². The SMILES string of the molecule is C=C(C)C(=O)OC(c1ccc(-c2ccc(OC=O)cc2)cc1F)C(C)(C)O. The number of ether oxygens (including phenoxy) is 2. The van der Waals surface area contributed by atoms with Crippen LogP contribution >= 0.6 is 0 Å². The molecule has 142 valence electrons. The lowest BCUT2D eigenvalue weighted by atomic mass is 9.92. The van der Waals surface area contributed by atoms with Gasteiger partial charge in [-0.2, -0.15) is 0 Å². The molecule has 5 nitrogen and oxygen atoms in total. The molecule has 0 spiro atoms. The Labute approximate surface area is 157 Å². The van der Waals surface area contributed by atoms with Gasteiger partial charge >= 0.3 is 5.97 Å². The molecule has 2 rings (SSSR count). The van der Waals surface area contributed by atoms with Crippen LogP contribution in [0.25, 0.3) is 11.1 Å². The second kappa shape index (κ2) is 8.14. The Bertz CT molecular complexity index is 850. The third-order valence-electron chi connectivity index (χ3n) is 3.87. The third kappa shape index (κ3) is 5.01. The van der Waals surface area contributed by atoms with Crippen molar-refractivity contribution in [3.8, 4) is 16.9 Å². The summed E-state index contributed by atoms with van der Waals surface area (Å²) in [6.07, 6.45) is -1.20. The summed E-state index contributed by atoms with van der Waals surface area (Å²) in [5, 5.41) is 10.3. The highest BCUT2D eigenvalue weighted by atomic mass is 19.1. The lowest BCUT2D eigenvalue weighted by Crippen LogP contribution is -2.33. The zero-order valence-corrected chi connectivity index (χ0v) is 15.4. The Morgan fingerprint density at radius 3 is 2.26 bits per heavy atom. The summed E-state index contributed by atoms with van der Waals surface area (Å²) < 4.78 is 24.8. The van der Waals surface area contributed by atoms with Crippen molar-refractivity contribution >= 4 is 12.4 Å². The molecule has 0 saturated carbocycles. The Hall–Kier alpha value is -2.99. The van der Waals surface area contributed by atoms with Gasteiger partial charge in [-0.25, -0.2) is 9.18 Å². The smallest absolute Gasteiger partial charge is 0.333 e. The minimum absolute atomic E-state index is 0.0572. The first-order chi connectivity index (χ1) is 12.6. The van der Waals surface area contributed by atoms with Crippen molar-refractivity contribution in [2.45, 2.75) is 32.5 Å². The van der Waals surface area contributed by atoms with Crippen molar-refractivity contribution < 1.29 is 28.6 Å². The number of halogens is 1. The number of hydrogen-bond acceptors (Lipinski definition) is 5. The van der Waals surface area contributed by atoms with E-state index in [0.29, 0.717) is 23.3 Å². The average Bonchev–Trinajstić information content (AvgIpc) is 2.59. The number of aliphatic hydroxyl groups is 1. The van der Waals surface area contributed by atoms with Gasteiger partial charge < -0.3 is 14.6 Å². The summed E-state index contributed by atoms with van der Waals surface area (Å²) in [6.45, 7) is 8.16. The second-order valence-corrected chi connectivity index (χ2v) is 6.69. The van der Waals surface area contributed by atoms with Gasteiger partial charge in [-0.05, 0) is 50.1 Å². The standard InChI is InChI=1S/C21H21FO5/c1-13(2)20(24)27-19(21(3,4)25)17-10-7-15(11-18(17)22)14-5-8-16(9-6-14)26-12-23/h5-12,19,25H,1H2,2-4H3. The van der Waals surface area contributed by atoms with Crippen LogP contribution in [0.15, 0.2) is 54.6 Å². The van der Waals surface area contributed by atoms with Crippen molar-refractivity contribution in [3.63, 3.8) is 0 Å². The molecule has 0 aliphatic carbocycles. The van der Waals surface area contributed by atoms with Crippen LogP contribution in [0.5, 0.6) is 5.75 Å². The fourth-order valence-electron chi connectivity index (χ4n) is 2.50. The Morgan fingerprint density at radius 1 is 1.19 bits per heavy atom. The highest BCUT2D eigenvalue weighted by Gasteiger charge is 2.34. The van der Waals surface area contributed by atoms with Gasteiger partial charge in [0.05, 0.1) is 0 Å². The predicted octanol–water partition coefficient (Wildman–Crippen LogP) is 3.96. The first-order valence-electron chi connectivity index (χ1n) is 8.22. The monoisotopic (exact) mass is 372 g/mol. The van der Waals surface area contributed by atoms with Crippen LogP contribution in [0.2, 0.25) is 0 Å². The van der Waals surface area contributed by atoms with Gasteiger partial charge in [0.1, 0.15) is 17.2 Å². The zero-order valence-electron chi connectivity index (χ0n) is 15.4. The molecule has 0 aromatic heterocycles. The van der Waals surface area contributed by atoms with E-state index in [1.807, 2.05) is 0 Å². The molecule has 1 atom stereocenters. The number of carbonyl (C=O) groups is 2. The molecule has 2 aromatic carbocycles. The topological polar surface area (TPSA) is 72.8 Å². The van der Waals surface area contributed by atoms with E-state index >= 15 is 0 Å². The molecule has 0 bridgehead atoms. The molecule has 0 heterocycles. The number of carbonyl (C=O) groups excluding carboxylic acids is 2. The van der Waals surface area contributed by atoms with Gasteiger partial charge in [0.25, 0.3) is 6.47 Å². The van der Waals surface area contributed by atoms with Crippen molar-refractivity contribution in [3.05, 3.63) is 66.0 Å². The van der Waals surface area contributed by atoms with Gasteiger partial charge in [-0.15, -0.1) is 0 Å². The maximum absolute atomic E-state index is 14.8. The molecule has 1 N–H and O–H groups in total. The molecule has 2 aromatic rings. The summed E-state index contributed by atoms with van der Waals surface area (Å²) in [7, 11) is 0. The molecule has 27 heavy (non-hydrogen) atoms. The summed E-state index contributed by atoms with van der Waals surface area (Å²) in [6, 6.07) is 11.0.